The summed E-state index contributed by atoms with van der Waals surface area (Å²) in [5.41, 5.74) is 7.12. The van der Waals surface area contributed by atoms with Crippen LogP contribution in [0.15, 0.2) is 30.3 Å². The van der Waals surface area contributed by atoms with E-state index in [1.807, 2.05) is 28.8 Å². The van der Waals surface area contributed by atoms with Crippen molar-refractivity contribution in [3.8, 4) is 23.4 Å². The van der Waals surface area contributed by atoms with Crippen LogP contribution in [0.2, 0.25) is 0 Å². The Labute approximate surface area is 129 Å². The number of nitrogens with zero attached hydrogens (tertiary/aromatic N) is 2. The van der Waals surface area contributed by atoms with Crippen molar-refractivity contribution in [2.45, 2.75) is 31.7 Å². The predicted octanol–water partition coefficient (Wildman–Crippen LogP) is 3.86. The van der Waals surface area contributed by atoms with E-state index in [2.05, 4.69) is 6.07 Å². The fourth-order valence-electron chi connectivity index (χ4n) is 3.05. The average Bonchev–Trinajstić information content (AvgIpc) is 3.16. The Bertz CT molecular complexity index is 709. The van der Waals surface area contributed by atoms with Crippen molar-refractivity contribution >= 4 is 5.69 Å². The van der Waals surface area contributed by atoms with Gasteiger partial charge in [0.25, 0.3) is 0 Å². The van der Waals surface area contributed by atoms with Gasteiger partial charge in [0.1, 0.15) is 11.8 Å². The number of methoxy groups -OCH3 is 1. The fraction of sp³-hybridized carbons (Fsp3) is 0.353. The zero-order valence-corrected chi connectivity index (χ0v) is 12.6. The van der Waals surface area contributed by atoms with Crippen LogP contribution in [0.5, 0.6) is 17.4 Å². The number of nitriles is 1. The molecule has 1 aromatic carbocycles. The van der Waals surface area contributed by atoms with E-state index in [4.69, 9.17) is 15.2 Å². The van der Waals surface area contributed by atoms with Crippen LogP contribution in [0.1, 0.15) is 37.4 Å². The molecular weight excluding hydrogens is 278 g/mol. The number of nitrogens with two attached hydrogens (primary N) is 1. The van der Waals surface area contributed by atoms with Crippen molar-refractivity contribution < 1.29 is 9.47 Å². The Hall–Kier alpha value is -2.61. The highest BCUT2D eigenvalue weighted by molar-refractivity contribution is 5.57. The van der Waals surface area contributed by atoms with Gasteiger partial charge in [-0.25, -0.2) is 0 Å². The van der Waals surface area contributed by atoms with Crippen molar-refractivity contribution in [2.24, 2.45) is 0 Å². The molecule has 2 aromatic rings. The molecule has 0 radical (unpaired) electrons. The number of benzene rings is 1. The third-order valence-electron chi connectivity index (χ3n) is 4.10. The summed E-state index contributed by atoms with van der Waals surface area (Å²) in [6, 6.07) is 11.6. The van der Waals surface area contributed by atoms with Gasteiger partial charge in [-0.05, 0) is 25.0 Å². The zero-order valence-electron chi connectivity index (χ0n) is 12.6. The van der Waals surface area contributed by atoms with Crippen LogP contribution >= 0.6 is 0 Å². The molecule has 5 nitrogen and oxygen atoms in total. The summed E-state index contributed by atoms with van der Waals surface area (Å²) in [6.45, 7) is 0. The van der Waals surface area contributed by atoms with Gasteiger partial charge in [-0.3, -0.25) is 4.57 Å². The second-order valence-corrected chi connectivity index (χ2v) is 5.46. The van der Waals surface area contributed by atoms with Crippen LogP contribution in [0.4, 0.5) is 5.69 Å². The van der Waals surface area contributed by atoms with Crippen LogP contribution in [0, 0.1) is 11.3 Å². The largest absolute Gasteiger partial charge is 0.493 e. The second-order valence-electron chi connectivity index (χ2n) is 5.46. The Kier molecular flexibility index (Phi) is 3.92. The molecule has 2 N–H and O–H groups in total. The first-order valence-electron chi connectivity index (χ1n) is 7.46. The Morgan fingerprint density at radius 3 is 2.55 bits per heavy atom. The van der Waals surface area contributed by atoms with E-state index in [9.17, 15) is 5.26 Å². The maximum Gasteiger partial charge on any atom is 0.224 e. The van der Waals surface area contributed by atoms with Crippen LogP contribution in [-0.4, -0.2) is 11.7 Å². The highest BCUT2D eigenvalue weighted by Crippen LogP contribution is 2.41. The van der Waals surface area contributed by atoms with Crippen LogP contribution in [0.25, 0.3) is 0 Å². The van der Waals surface area contributed by atoms with Gasteiger partial charge in [-0.2, -0.15) is 5.26 Å². The smallest absolute Gasteiger partial charge is 0.224 e. The van der Waals surface area contributed by atoms with Crippen molar-refractivity contribution in [3.05, 3.63) is 36.0 Å². The summed E-state index contributed by atoms with van der Waals surface area (Å²) in [7, 11) is 1.60. The number of hydrogen-bond donors (Lipinski definition) is 1. The van der Waals surface area contributed by atoms with E-state index in [1.165, 1.54) is 12.8 Å². The second kappa shape index (κ2) is 6.02. The summed E-state index contributed by atoms with van der Waals surface area (Å²) < 4.78 is 13.3. The summed E-state index contributed by atoms with van der Waals surface area (Å²) in [5.74, 6) is 1.77. The highest BCUT2D eigenvalue weighted by Gasteiger charge is 2.25. The molecule has 0 aliphatic heterocycles. The van der Waals surface area contributed by atoms with Gasteiger partial charge >= 0.3 is 0 Å². The molecule has 1 saturated carbocycles. The molecule has 114 valence electrons. The van der Waals surface area contributed by atoms with Gasteiger partial charge in [0.2, 0.25) is 5.88 Å². The zero-order chi connectivity index (χ0) is 15.5. The van der Waals surface area contributed by atoms with Gasteiger partial charge in [0.05, 0.1) is 12.8 Å². The normalized spacial score (nSPS) is 14.7. The number of nitrogen functional groups attached to an aromatic ring is 1. The lowest BCUT2D eigenvalue weighted by atomic mass is 10.2. The lowest BCUT2D eigenvalue weighted by Crippen LogP contribution is -2.09. The molecule has 0 spiro atoms. The van der Waals surface area contributed by atoms with E-state index >= 15 is 0 Å². The number of para-hydroxylation sites is 2. The molecule has 1 aromatic heterocycles. The van der Waals surface area contributed by atoms with Crippen LogP contribution in [0.3, 0.4) is 0 Å². The quantitative estimate of drug-likeness (QED) is 0.930. The molecule has 0 saturated heterocycles. The molecular formula is C17H19N3O2. The molecule has 1 heterocycles. The third-order valence-corrected chi connectivity index (χ3v) is 4.10. The highest BCUT2D eigenvalue weighted by atomic mass is 16.5. The minimum Gasteiger partial charge on any atom is -0.493 e. The molecule has 5 heteroatoms. The Morgan fingerprint density at radius 1 is 1.23 bits per heavy atom. The van der Waals surface area contributed by atoms with E-state index in [-0.39, 0.29) is 6.04 Å². The predicted molar refractivity (Wildman–Crippen MR) is 84.1 cm³/mol. The minimum absolute atomic E-state index is 0.275. The van der Waals surface area contributed by atoms with Gasteiger partial charge in [0.15, 0.2) is 11.5 Å². The van der Waals surface area contributed by atoms with Crippen molar-refractivity contribution in [3.63, 3.8) is 0 Å². The number of anilines is 1. The van der Waals surface area contributed by atoms with Crippen molar-refractivity contribution in [1.82, 2.24) is 4.57 Å². The molecule has 1 aliphatic carbocycles. The topological polar surface area (TPSA) is 73.2 Å². The molecule has 1 fully saturated rings. The SMILES string of the molecule is COc1ccccc1Oc1c(N)cc(C#N)n1C1CCCC1. The first-order chi connectivity index (χ1) is 10.7. The van der Waals surface area contributed by atoms with Gasteiger partial charge in [0, 0.05) is 12.1 Å². The van der Waals surface area contributed by atoms with Crippen molar-refractivity contribution in [2.75, 3.05) is 12.8 Å². The number of ether oxygens (including phenoxy) is 2. The monoisotopic (exact) mass is 297 g/mol. The maximum absolute atomic E-state index is 9.38. The lowest BCUT2D eigenvalue weighted by Gasteiger charge is -2.18. The molecule has 0 amide bonds. The molecule has 1 aliphatic rings. The van der Waals surface area contributed by atoms with Gasteiger partial charge in [-0.15, -0.1) is 0 Å². The Morgan fingerprint density at radius 2 is 1.91 bits per heavy atom. The third kappa shape index (κ3) is 2.48. The fourth-order valence-corrected chi connectivity index (χ4v) is 3.05. The summed E-state index contributed by atoms with van der Waals surface area (Å²) >= 11 is 0. The van der Waals surface area contributed by atoms with E-state index in [0.717, 1.165) is 12.8 Å². The Balaban J connectivity index is 2.03. The first-order valence-corrected chi connectivity index (χ1v) is 7.46. The van der Waals surface area contributed by atoms with E-state index in [1.54, 1.807) is 13.2 Å². The first kappa shape index (κ1) is 14.3. The summed E-state index contributed by atoms with van der Waals surface area (Å²) in [6.07, 6.45) is 4.43. The number of rotatable bonds is 4. The van der Waals surface area contributed by atoms with Crippen molar-refractivity contribution in [1.29, 1.82) is 5.26 Å². The molecule has 22 heavy (non-hydrogen) atoms. The standard InChI is InChI=1S/C17H19N3O2/c1-21-15-8-4-5-9-16(15)22-17-14(19)10-13(11-18)20(17)12-6-2-3-7-12/h4-5,8-10,12H,2-3,6-7,19H2,1H3. The molecule has 0 bridgehead atoms. The molecule has 0 unspecified atom stereocenters. The lowest BCUT2D eigenvalue weighted by molar-refractivity contribution is 0.354. The summed E-state index contributed by atoms with van der Waals surface area (Å²) in [5, 5.41) is 9.38. The summed E-state index contributed by atoms with van der Waals surface area (Å²) in [4.78, 5) is 0. The van der Waals surface area contributed by atoms with Crippen LogP contribution in [-0.2, 0) is 0 Å². The van der Waals surface area contributed by atoms with Gasteiger partial charge in [-0.1, -0.05) is 25.0 Å². The van der Waals surface area contributed by atoms with Crippen LogP contribution < -0.4 is 15.2 Å². The molecule has 0 atom stereocenters. The average molecular weight is 297 g/mol. The minimum atomic E-state index is 0.275. The van der Waals surface area contributed by atoms with E-state index in [0.29, 0.717) is 28.8 Å². The maximum atomic E-state index is 9.38. The van der Waals surface area contributed by atoms with Gasteiger partial charge < -0.3 is 15.2 Å². The number of hydrogen-bond acceptors (Lipinski definition) is 4. The molecule has 3 rings (SSSR count). The van der Waals surface area contributed by atoms with E-state index < -0.39 is 0 Å². The number of aromatic nitrogens is 1.